The van der Waals surface area contributed by atoms with Crippen LogP contribution in [0.3, 0.4) is 0 Å². The first kappa shape index (κ1) is 39.6. The van der Waals surface area contributed by atoms with Gasteiger partial charge in [0.1, 0.15) is 24.1 Å². The molecule has 0 heterocycles. The van der Waals surface area contributed by atoms with Gasteiger partial charge in [0.15, 0.2) is 19.7 Å². The fourth-order valence-electron chi connectivity index (χ4n) is 5.26. The molecule has 0 bridgehead atoms. The Kier molecular flexibility index (Phi) is 16.6. The normalized spacial score (nSPS) is 16.3. The van der Waals surface area contributed by atoms with Crippen molar-refractivity contribution in [2.75, 3.05) is 27.8 Å². The Morgan fingerprint density at radius 3 is 1.22 bits per heavy atom. The van der Waals surface area contributed by atoms with Gasteiger partial charge in [0, 0.05) is 14.2 Å². The van der Waals surface area contributed by atoms with E-state index in [4.69, 9.17) is 18.9 Å². The second-order valence-electron chi connectivity index (χ2n) is 12.1. The van der Waals surface area contributed by atoms with Crippen LogP contribution < -0.4 is 0 Å². The van der Waals surface area contributed by atoms with E-state index < -0.39 is 42.4 Å². The lowest BCUT2D eigenvalue weighted by Crippen LogP contribution is -2.40. The van der Waals surface area contributed by atoms with E-state index in [1.165, 1.54) is 14.2 Å². The van der Waals surface area contributed by atoms with Crippen LogP contribution in [0.2, 0.25) is 0 Å². The van der Waals surface area contributed by atoms with Crippen LogP contribution in [0.5, 0.6) is 0 Å². The molecule has 0 aromatic heterocycles. The summed E-state index contributed by atoms with van der Waals surface area (Å²) in [4.78, 5) is 0.470. The van der Waals surface area contributed by atoms with Crippen LogP contribution in [0.15, 0.2) is 106 Å². The minimum Gasteiger partial charge on any atom is -0.359 e. The fraction of sp³-hybridized carbons (Fsp3) is 0.500. The molecule has 256 valence electrons. The van der Waals surface area contributed by atoms with Gasteiger partial charge >= 0.3 is 0 Å². The van der Waals surface area contributed by atoms with Gasteiger partial charge in [-0.1, -0.05) is 85.7 Å². The summed E-state index contributed by atoms with van der Waals surface area (Å²) < 4.78 is 77.7. The lowest BCUT2D eigenvalue weighted by atomic mass is 9.94. The van der Waals surface area contributed by atoms with E-state index in [1.807, 2.05) is 53.7 Å². The number of hydrogen-bond donors (Lipinski definition) is 0. The molecule has 2 aromatic carbocycles. The van der Waals surface area contributed by atoms with Gasteiger partial charge in [-0.15, -0.1) is 0 Å². The zero-order valence-electron chi connectivity index (χ0n) is 28.5. The molecule has 0 aliphatic rings. The highest BCUT2D eigenvalue weighted by molar-refractivity contribution is 7.92. The monoisotopic (exact) mass is 676 g/mol. The van der Waals surface area contributed by atoms with Crippen molar-refractivity contribution in [1.29, 1.82) is 0 Å². The SMILES string of the molecule is COCOC(C(C)C/C=C/CC(C)C(OCOC)C(C=C(C)C)S(=O)(=O)c1ccccc1)C(C=C(C)C)S(=O)(=O)c1ccccc1. The second-order valence-corrected chi connectivity index (χ2v) is 16.3. The Balaban J connectivity index is 2.33. The van der Waals surface area contributed by atoms with Crippen molar-refractivity contribution in [1.82, 2.24) is 0 Å². The molecule has 0 fully saturated rings. The number of sulfone groups is 2. The first-order chi connectivity index (χ1) is 21.8. The molecule has 0 radical (unpaired) electrons. The molecular formula is C36H52O8S2. The predicted octanol–water partition coefficient (Wildman–Crippen LogP) is 7.19. The van der Waals surface area contributed by atoms with Crippen LogP contribution in [0.1, 0.15) is 54.4 Å². The lowest BCUT2D eigenvalue weighted by Gasteiger charge is -2.30. The van der Waals surface area contributed by atoms with E-state index in [2.05, 4.69) is 0 Å². The van der Waals surface area contributed by atoms with E-state index in [9.17, 15) is 16.8 Å². The molecule has 6 atom stereocenters. The number of methoxy groups -OCH3 is 2. The van der Waals surface area contributed by atoms with Crippen LogP contribution in [-0.2, 0) is 38.6 Å². The average molecular weight is 677 g/mol. The third-order valence-electron chi connectivity index (χ3n) is 7.56. The van der Waals surface area contributed by atoms with Crippen LogP contribution >= 0.6 is 0 Å². The first-order valence-corrected chi connectivity index (χ1v) is 18.6. The summed E-state index contributed by atoms with van der Waals surface area (Å²) in [6.07, 6.45) is 7.18. The molecule has 0 spiro atoms. The number of allylic oxidation sites excluding steroid dienone is 4. The topological polar surface area (TPSA) is 105 Å². The van der Waals surface area contributed by atoms with Crippen molar-refractivity contribution in [3.8, 4) is 0 Å². The maximum Gasteiger partial charge on any atom is 0.187 e. The van der Waals surface area contributed by atoms with Gasteiger partial charge in [-0.25, -0.2) is 16.8 Å². The summed E-state index contributed by atoms with van der Waals surface area (Å²) >= 11 is 0. The molecule has 0 amide bonds. The standard InChI is InChI=1S/C36H52O8S2/c1-27(2)23-33(45(37,38)31-19-11-9-12-20-31)35(43-25-41-7)29(5)17-15-16-18-30(6)36(44-26-42-8)34(24-28(3)4)46(39,40)32-21-13-10-14-22-32/h9-16,19-24,29-30,33-36H,17-18,25-26H2,1-8H3/b16-15+. The van der Waals surface area contributed by atoms with E-state index in [0.29, 0.717) is 12.8 Å². The van der Waals surface area contributed by atoms with E-state index in [-0.39, 0.29) is 35.2 Å². The van der Waals surface area contributed by atoms with Crippen LogP contribution in [0.4, 0.5) is 0 Å². The van der Waals surface area contributed by atoms with Gasteiger partial charge in [-0.2, -0.15) is 0 Å². The van der Waals surface area contributed by atoms with Crippen LogP contribution in [0, 0.1) is 11.8 Å². The molecular weight excluding hydrogens is 625 g/mol. The number of rotatable bonds is 20. The number of ether oxygens (including phenoxy) is 4. The van der Waals surface area contributed by atoms with Gasteiger partial charge in [-0.3, -0.25) is 0 Å². The van der Waals surface area contributed by atoms with Gasteiger partial charge in [0.25, 0.3) is 0 Å². The molecule has 0 saturated carbocycles. The maximum atomic E-state index is 13.8. The van der Waals surface area contributed by atoms with Crippen molar-refractivity contribution in [3.05, 3.63) is 96.1 Å². The van der Waals surface area contributed by atoms with E-state index in [1.54, 1.807) is 72.8 Å². The number of benzene rings is 2. The van der Waals surface area contributed by atoms with Crippen molar-refractivity contribution in [3.63, 3.8) is 0 Å². The first-order valence-electron chi connectivity index (χ1n) is 15.5. The third-order valence-corrected chi connectivity index (χ3v) is 11.7. The van der Waals surface area contributed by atoms with Gasteiger partial charge in [-0.05, 0) is 76.6 Å². The fourth-order valence-corrected chi connectivity index (χ4v) is 9.27. The quantitative estimate of drug-likeness (QED) is 0.107. The third kappa shape index (κ3) is 11.6. The highest BCUT2D eigenvalue weighted by atomic mass is 32.2. The summed E-state index contributed by atoms with van der Waals surface area (Å²) in [6, 6.07) is 16.8. The van der Waals surface area contributed by atoms with Crippen molar-refractivity contribution in [2.24, 2.45) is 11.8 Å². The molecule has 0 aliphatic carbocycles. The minimum absolute atomic E-state index is 0.0483. The zero-order chi connectivity index (χ0) is 34.3. The Hall–Kier alpha value is -2.60. The molecule has 0 saturated heterocycles. The minimum atomic E-state index is -3.76. The average Bonchev–Trinajstić information content (AvgIpc) is 3.02. The summed E-state index contributed by atoms with van der Waals surface area (Å²) in [6.45, 7) is 11.3. The molecule has 8 nitrogen and oxygen atoms in total. The smallest absolute Gasteiger partial charge is 0.187 e. The highest BCUT2D eigenvalue weighted by Gasteiger charge is 2.38. The van der Waals surface area contributed by atoms with Gasteiger partial charge in [0.05, 0.1) is 22.0 Å². The van der Waals surface area contributed by atoms with E-state index >= 15 is 0 Å². The summed E-state index contributed by atoms with van der Waals surface area (Å²) in [5.41, 5.74) is 1.73. The van der Waals surface area contributed by atoms with Gasteiger partial charge in [0.2, 0.25) is 0 Å². The van der Waals surface area contributed by atoms with Crippen molar-refractivity contribution in [2.45, 2.75) is 86.9 Å². The number of hydrogen-bond acceptors (Lipinski definition) is 8. The van der Waals surface area contributed by atoms with Crippen LogP contribution in [0.25, 0.3) is 0 Å². The summed E-state index contributed by atoms with van der Waals surface area (Å²) in [7, 11) is -4.51. The highest BCUT2D eigenvalue weighted by Crippen LogP contribution is 2.30. The maximum absolute atomic E-state index is 13.8. The Labute approximate surface area is 277 Å². The summed E-state index contributed by atoms with van der Waals surface area (Å²) in [5, 5.41) is -1.84. The molecule has 2 aromatic rings. The Bertz CT molecular complexity index is 1360. The Morgan fingerprint density at radius 1 is 0.609 bits per heavy atom. The molecule has 0 N–H and O–H groups in total. The predicted molar refractivity (Wildman–Crippen MR) is 184 cm³/mol. The van der Waals surface area contributed by atoms with Crippen molar-refractivity contribution >= 4 is 19.7 Å². The molecule has 6 unspecified atom stereocenters. The molecule has 10 heteroatoms. The summed E-state index contributed by atoms with van der Waals surface area (Å²) in [5.74, 6) is -0.392. The van der Waals surface area contributed by atoms with Crippen molar-refractivity contribution < 1.29 is 35.8 Å². The lowest BCUT2D eigenvalue weighted by molar-refractivity contribution is -0.0863. The van der Waals surface area contributed by atoms with Gasteiger partial charge < -0.3 is 18.9 Å². The Morgan fingerprint density at radius 2 is 0.935 bits per heavy atom. The van der Waals surface area contributed by atoms with Crippen LogP contribution in [-0.4, -0.2) is 67.3 Å². The molecule has 2 rings (SSSR count). The second kappa shape index (κ2) is 19.3. The largest absolute Gasteiger partial charge is 0.359 e. The molecule has 0 aliphatic heterocycles. The van der Waals surface area contributed by atoms with E-state index in [0.717, 1.165) is 11.1 Å². The molecule has 46 heavy (non-hydrogen) atoms. The zero-order valence-corrected chi connectivity index (χ0v) is 30.1.